The molecular weight excluding hydrogens is 264 g/mol. The van der Waals surface area contributed by atoms with Crippen molar-refractivity contribution < 1.29 is 0 Å². The van der Waals surface area contributed by atoms with Crippen molar-refractivity contribution in [2.24, 2.45) is 5.41 Å². The minimum atomic E-state index is 0.548. The Bertz CT molecular complexity index is 413. The van der Waals surface area contributed by atoms with Gasteiger partial charge in [0.05, 0.1) is 10.7 Å². The van der Waals surface area contributed by atoms with Gasteiger partial charge in [0, 0.05) is 17.3 Å². The maximum atomic E-state index is 5.00. The summed E-state index contributed by atoms with van der Waals surface area (Å²) in [4.78, 5) is 6.48. The lowest BCUT2D eigenvalue weighted by Gasteiger charge is -2.33. The van der Waals surface area contributed by atoms with Crippen LogP contribution in [0.25, 0.3) is 0 Å². The van der Waals surface area contributed by atoms with E-state index in [-0.39, 0.29) is 0 Å². The molecule has 0 spiro atoms. The molecule has 1 fully saturated rings. The summed E-state index contributed by atoms with van der Waals surface area (Å²) in [6.07, 6.45) is 7.68. The van der Waals surface area contributed by atoms with Crippen molar-refractivity contribution >= 4 is 11.3 Å². The zero-order valence-electron chi connectivity index (χ0n) is 13.6. The van der Waals surface area contributed by atoms with Gasteiger partial charge in [-0.15, -0.1) is 11.3 Å². The van der Waals surface area contributed by atoms with Crippen LogP contribution in [0.3, 0.4) is 0 Å². The number of thiazole rings is 1. The van der Waals surface area contributed by atoms with E-state index in [0.29, 0.717) is 5.41 Å². The van der Waals surface area contributed by atoms with Gasteiger partial charge in [0.15, 0.2) is 0 Å². The molecule has 0 unspecified atom stereocenters. The summed E-state index contributed by atoms with van der Waals surface area (Å²) in [6, 6.07) is 0. The van der Waals surface area contributed by atoms with Crippen molar-refractivity contribution in [2.75, 3.05) is 6.54 Å². The lowest BCUT2D eigenvalue weighted by Crippen LogP contribution is -2.20. The minimum absolute atomic E-state index is 0.548. The molecule has 0 aromatic carbocycles. The SMILES string of the molecule is CCCc1nc(C2CCC(C)(C)CC2)sc1CNCC. The lowest BCUT2D eigenvalue weighted by atomic mass is 9.73. The zero-order valence-corrected chi connectivity index (χ0v) is 14.4. The van der Waals surface area contributed by atoms with Crippen molar-refractivity contribution in [2.45, 2.75) is 78.7 Å². The van der Waals surface area contributed by atoms with Crippen LogP contribution in [0.1, 0.15) is 81.3 Å². The Kier molecular flexibility index (Phi) is 5.62. The summed E-state index contributed by atoms with van der Waals surface area (Å²) < 4.78 is 0. The molecule has 1 aliphatic rings. The number of aryl methyl sites for hydroxylation is 1. The summed E-state index contributed by atoms with van der Waals surface area (Å²) >= 11 is 1.97. The quantitative estimate of drug-likeness (QED) is 0.808. The van der Waals surface area contributed by atoms with Gasteiger partial charge in [0.25, 0.3) is 0 Å². The fourth-order valence-corrected chi connectivity index (χ4v) is 4.28. The van der Waals surface area contributed by atoms with Crippen LogP contribution < -0.4 is 5.32 Å². The van der Waals surface area contributed by atoms with Crippen LogP contribution in [0.4, 0.5) is 0 Å². The second kappa shape index (κ2) is 7.04. The van der Waals surface area contributed by atoms with Crippen LogP contribution >= 0.6 is 11.3 Å². The van der Waals surface area contributed by atoms with E-state index >= 15 is 0 Å². The third-order valence-electron chi connectivity index (χ3n) is 4.51. The third kappa shape index (κ3) is 4.05. The predicted octanol–water partition coefficient (Wildman–Crippen LogP) is 4.89. The van der Waals surface area contributed by atoms with Crippen molar-refractivity contribution in [3.8, 4) is 0 Å². The molecule has 2 rings (SSSR count). The maximum absolute atomic E-state index is 5.00. The van der Waals surface area contributed by atoms with Crippen molar-refractivity contribution in [3.63, 3.8) is 0 Å². The van der Waals surface area contributed by atoms with E-state index < -0.39 is 0 Å². The molecule has 1 aromatic heterocycles. The normalized spacial score (nSPS) is 19.4. The highest BCUT2D eigenvalue weighted by atomic mass is 32.1. The molecule has 0 aliphatic heterocycles. The highest BCUT2D eigenvalue weighted by Gasteiger charge is 2.29. The summed E-state index contributed by atoms with van der Waals surface area (Å²) in [6.45, 7) is 11.3. The van der Waals surface area contributed by atoms with Gasteiger partial charge in [-0.25, -0.2) is 4.98 Å². The molecule has 1 saturated carbocycles. The van der Waals surface area contributed by atoms with Gasteiger partial charge in [-0.3, -0.25) is 0 Å². The number of nitrogens with zero attached hydrogens (tertiary/aromatic N) is 1. The summed E-state index contributed by atoms with van der Waals surface area (Å²) in [5, 5.41) is 4.88. The van der Waals surface area contributed by atoms with E-state index in [9.17, 15) is 0 Å². The molecule has 1 heterocycles. The van der Waals surface area contributed by atoms with Crippen molar-refractivity contribution in [3.05, 3.63) is 15.6 Å². The molecule has 0 radical (unpaired) electrons. The standard InChI is InChI=1S/C17H30N2S/c1-5-7-14-15(12-18-6-2)20-16(19-14)13-8-10-17(3,4)11-9-13/h13,18H,5-12H2,1-4H3. The average Bonchev–Trinajstić information content (AvgIpc) is 2.80. The third-order valence-corrected chi connectivity index (χ3v) is 5.77. The van der Waals surface area contributed by atoms with Crippen LogP contribution in [-0.2, 0) is 13.0 Å². The fraction of sp³-hybridized carbons (Fsp3) is 0.824. The first kappa shape index (κ1) is 16.0. The van der Waals surface area contributed by atoms with Crippen LogP contribution in [0.2, 0.25) is 0 Å². The van der Waals surface area contributed by atoms with Gasteiger partial charge < -0.3 is 5.32 Å². The summed E-state index contributed by atoms with van der Waals surface area (Å²) in [5.74, 6) is 0.721. The highest BCUT2D eigenvalue weighted by Crippen LogP contribution is 2.43. The van der Waals surface area contributed by atoms with Gasteiger partial charge in [-0.05, 0) is 44.1 Å². The second-order valence-corrected chi connectivity index (χ2v) is 8.01. The molecule has 0 amide bonds. The maximum Gasteiger partial charge on any atom is 0.0962 e. The van der Waals surface area contributed by atoms with E-state index in [1.165, 1.54) is 47.7 Å². The Hall–Kier alpha value is -0.410. The smallest absolute Gasteiger partial charge is 0.0962 e. The first-order valence-electron chi connectivity index (χ1n) is 8.25. The largest absolute Gasteiger partial charge is 0.312 e. The number of hydrogen-bond acceptors (Lipinski definition) is 3. The van der Waals surface area contributed by atoms with E-state index in [1.54, 1.807) is 0 Å². The fourth-order valence-electron chi connectivity index (χ4n) is 3.03. The van der Waals surface area contributed by atoms with E-state index in [0.717, 1.165) is 25.4 Å². The monoisotopic (exact) mass is 294 g/mol. The van der Waals surface area contributed by atoms with E-state index in [2.05, 4.69) is 33.0 Å². The minimum Gasteiger partial charge on any atom is -0.312 e. The van der Waals surface area contributed by atoms with Crippen molar-refractivity contribution in [1.29, 1.82) is 0 Å². The number of nitrogens with one attached hydrogen (secondary N) is 1. The highest BCUT2D eigenvalue weighted by molar-refractivity contribution is 7.11. The Balaban J connectivity index is 2.08. The van der Waals surface area contributed by atoms with Gasteiger partial charge in [0.2, 0.25) is 0 Å². The van der Waals surface area contributed by atoms with Gasteiger partial charge in [-0.1, -0.05) is 34.1 Å². The molecular formula is C17H30N2S. The Morgan fingerprint density at radius 2 is 1.95 bits per heavy atom. The first-order valence-corrected chi connectivity index (χ1v) is 9.06. The first-order chi connectivity index (χ1) is 9.55. The Labute approximate surface area is 128 Å². The van der Waals surface area contributed by atoms with Crippen LogP contribution in [0.15, 0.2) is 0 Å². The molecule has 0 bridgehead atoms. The summed E-state index contributed by atoms with van der Waals surface area (Å²) in [7, 11) is 0. The molecule has 2 nitrogen and oxygen atoms in total. The van der Waals surface area contributed by atoms with Crippen LogP contribution in [0.5, 0.6) is 0 Å². The van der Waals surface area contributed by atoms with Gasteiger partial charge in [-0.2, -0.15) is 0 Å². The molecule has 3 heteroatoms. The molecule has 1 aromatic rings. The van der Waals surface area contributed by atoms with Crippen LogP contribution in [0, 0.1) is 5.41 Å². The van der Waals surface area contributed by atoms with Crippen LogP contribution in [-0.4, -0.2) is 11.5 Å². The van der Waals surface area contributed by atoms with Gasteiger partial charge >= 0.3 is 0 Å². The van der Waals surface area contributed by atoms with Gasteiger partial charge in [0.1, 0.15) is 0 Å². The number of hydrogen-bond donors (Lipinski definition) is 1. The molecule has 1 aliphatic carbocycles. The summed E-state index contributed by atoms with van der Waals surface area (Å²) in [5.41, 5.74) is 1.91. The molecule has 0 saturated heterocycles. The molecule has 114 valence electrons. The topological polar surface area (TPSA) is 24.9 Å². The molecule has 1 N–H and O–H groups in total. The number of aromatic nitrogens is 1. The molecule has 0 atom stereocenters. The predicted molar refractivity (Wildman–Crippen MR) is 88.5 cm³/mol. The average molecular weight is 295 g/mol. The zero-order chi connectivity index (χ0) is 14.6. The second-order valence-electron chi connectivity index (χ2n) is 6.89. The Morgan fingerprint density at radius 3 is 2.55 bits per heavy atom. The van der Waals surface area contributed by atoms with E-state index in [4.69, 9.17) is 4.98 Å². The van der Waals surface area contributed by atoms with E-state index in [1.807, 2.05) is 11.3 Å². The lowest BCUT2D eigenvalue weighted by molar-refractivity contribution is 0.224. The number of rotatable bonds is 6. The molecule has 20 heavy (non-hydrogen) atoms. The van der Waals surface area contributed by atoms with Crippen molar-refractivity contribution in [1.82, 2.24) is 10.3 Å². The Morgan fingerprint density at radius 1 is 1.25 bits per heavy atom.